The third-order valence-electron chi connectivity index (χ3n) is 6.25. The molecule has 0 amide bonds. The molecule has 0 spiro atoms. The second-order valence-corrected chi connectivity index (χ2v) is 8.99. The third-order valence-corrected chi connectivity index (χ3v) is 6.25. The van der Waals surface area contributed by atoms with E-state index in [1.54, 1.807) is 20.2 Å². The van der Waals surface area contributed by atoms with Crippen molar-refractivity contribution in [2.75, 3.05) is 20.3 Å². The van der Waals surface area contributed by atoms with Gasteiger partial charge in [0, 0.05) is 24.6 Å². The van der Waals surface area contributed by atoms with E-state index in [9.17, 15) is 9.90 Å². The average Bonchev–Trinajstić information content (AvgIpc) is 2.91. The van der Waals surface area contributed by atoms with Crippen molar-refractivity contribution in [3.63, 3.8) is 0 Å². The number of carbonyl (C=O) groups is 1. The van der Waals surface area contributed by atoms with Gasteiger partial charge in [-0.05, 0) is 43.2 Å². The first-order chi connectivity index (χ1) is 18.1. The lowest BCUT2D eigenvalue weighted by Crippen LogP contribution is -2.26. The minimum absolute atomic E-state index is 0.216. The Hall–Kier alpha value is -3.32. The Kier molecular flexibility index (Phi) is 11.5. The molecule has 0 saturated heterocycles. The van der Waals surface area contributed by atoms with Crippen molar-refractivity contribution in [3.8, 4) is 17.2 Å². The molecule has 1 N–H and O–H groups in total. The SMILES string of the molecule is CCCCCCCCOc1c(COc2ccccc2CC(OCC)C(=O)O)cnc2ccc(OC)cc12. The third kappa shape index (κ3) is 8.35. The van der Waals surface area contributed by atoms with Gasteiger partial charge in [-0.2, -0.15) is 0 Å². The molecule has 1 aromatic heterocycles. The van der Waals surface area contributed by atoms with Gasteiger partial charge in [-0.3, -0.25) is 4.98 Å². The van der Waals surface area contributed by atoms with E-state index in [1.165, 1.54) is 25.7 Å². The van der Waals surface area contributed by atoms with Gasteiger partial charge in [0.1, 0.15) is 23.9 Å². The second kappa shape index (κ2) is 15.1. The van der Waals surface area contributed by atoms with E-state index < -0.39 is 12.1 Å². The molecule has 200 valence electrons. The first kappa shape index (κ1) is 28.3. The number of hydrogen-bond acceptors (Lipinski definition) is 6. The molecule has 0 fully saturated rings. The molecule has 1 heterocycles. The molecule has 37 heavy (non-hydrogen) atoms. The Labute approximate surface area is 219 Å². The number of para-hydroxylation sites is 1. The summed E-state index contributed by atoms with van der Waals surface area (Å²) in [6.45, 7) is 5.17. The summed E-state index contributed by atoms with van der Waals surface area (Å²) < 4.78 is 23.4. The van der Waals surface area contributed by atoms with Crippen molar-refractivity contribution < 1.29 is 28.8 Å². The van der Waals surface area contributed by atoms with Gasteiger partial charge in [0.15, 0.2) is 6.10 Å². The summed E-state index contributed by atoms with van der Waals surface area (Å²) in [5.41, 5.74) is 2.42. The highest BCUT2D eigenvalue weighted by Gasteiger charge is 2.20. The van der Waals surface area contributed by atoms with E-state index in [0.29, 0.717) is 19.0 Å². The molecule has 0 aliphatic heterocycles. The lowest BCUT2D eigenvalue weighted by Gasteiger charge is -2.18. The molecule has 1 unspecified atom stereocenters. The summed E-state index contributed by atoms with van der Waals surface area (Å²) in [4.78, 5) is 16.2. The number of nitrogens with zero attached hydrogens (tertiary/aromatic N) is 1. The fourth-order valence-corrected chi connectivity index (χ4v) is 4.23. The summed E-state index contributed by atoms with van der Waals surface area (Å²) in [5.74, 6) is 1.10. The quantitative estimate of drug-likeness (QED) is 0.205. The normalized spacial score (nSPS) is 11.9. The maximum absolute atomic E-state index is 11.6. The number of rotatable bonds is 17. The van der Waals surface area contributed by atoms with Crippen molar-refractivity contribution in [1.29, 1.82) is 0 Å². The predicted octanol–water partition coefficient (Wildman–Crippen LogP) is 6.59. The molecule has 3 rings (SSSR count). The summed E-state index contributed by atoms with van der Waals surface area (Å²) in [7, 11) is 1.64. The Morgan fingerprint density at radius 3 is 2.51 bits per heavy atom. The smallest absolute Gasteiger partial charge is 0.333 e. The van der Waals surface area contributed by atoms with Gasteiger partial charge in [0.2, 0.25) is 0 Å². The fourth-order valence-electron chi connectivity index (χ4n) is 4.23. The van der Waals surface area contributed by atoms with E-state index in [1.807, 2.05) is 42.5 Å². The van der Waals surface area contributed by atoms with Crippen LogP contribution in [0.4, 0.5) is 0 Å². The number of carboxylic acid groups (broad SMARTS) is 1. The highest BCUT2D eigenvalue weighted by Crippen LogP contribution is 2.33. The van der Waals surface area contributed by atoms with Crippen molar-refractivity contribution in [1.82, 2.24) is 4.98 Å². The van der Waals surface area contributed by atoms with Gasteiger partial charge in [-0.15, -0.1) is 0 Å². The van der Waals surface area contributed by atoms with Crippen LogP contribution in [0.2, 0.25) is 0 Å². The number of unbranched alkanes of at least 4 members (excludes halogenated alkanes) is 5. The van der Waals surface area contributed by atoms with E-state index in [0.717, 1.165) is 46.4 Å². The molecular formula is C30H39NO6. The van der Waals surface area contributed by atoms with Crippen molar-refractivity contribution in [2.24, 2.45) is 0 Å². The maximum Gasteiger partial charge on any atom is 0.333 e. The zero-order valence-electron chi connectivity index (χ0n) is 22.2. The van der Waals surface area contributed by atoms with Gasteiger partial charge in [0.25, 0.3) is 0 Å². The zero-order valence-corrected chi connectivity index (χ0v) is 22.2. The number of pyridine rings is 1. The Balaban J connectivity index is 1.79. The first-order valence-electron chi connectivity index (χ1n) is 13.2. The highest BCUT2D eigenvalue weighted by molar-refractivity contribution is 5.87. The Bertz CT molecular complexity index is 1130. The van der Waals surface area contributed by atoms with E-state index in [-0.39, 0.29) is 13.0 Å². The van der Waals surface area contributed by atoms with Crippen molar-refractivity contribution in [2.45, 2.75) is 71.5 Å². The number of carboxylic acids is 1. The number of ether oxygens (including phenoxy) is 4. The van der Waals surface area contributed by atoms with Crippen LogP contribution in [0, 0.1) is 0 Å². The Morgan fingerprint density at radius 2 is 1.76 bits per heavy atom. The van der Waals surface area contributed by atoms with Gasteiger partial charge in [0.05, 0.1) is 24.8 Å². The molecule has 0 bridgehead atoms. The fraction of sp³-hybridized carbons (Fsp3) is 0.467. The molecule has 2 aromatic carbocycles. The topological polar surface area (TPSA) is 87.1 Å². The number of aromatic nitrogens is 1. The molecule has 0 radical (unpaired) electrons. The number of fused-ring (bicyclic) bond motifs is 1. The minimum atomic E-state index is -0.991. The molecule has 1 atom stereocenters. The zero-order chi connectivity index (χ0) is 26.5. The van der Waals surface area contributed by atoms with Gasteiger partial charge in [-0.25, -0.2) is 4.79 Å². The van der Waals surface area contributed by atoms with Crippen LogP contribution in [0.15, 0.2) is 48.7 Å². The number of benzene rings is 2. The monoisotopic (exact) mass is 509 g/mol. The van der Waals surface area contributed by atoms with Gasteiger partial charge >= 0.3 is 5.97 Å². The van der Waals surface area contributed by atoms with Crippen molar-refractivity contribution >= 4 is 16.9 Å². The largest absolute Gasteiger partial charge is 0.497 e. The van der Waals surface area contributed by atoms with Crippen LogP contribution in [0.1, 0.15) is 63.5 Å². The number of methoxy groups -OCH3 is 1. The minimum Gasteiger partial charge on any atom is -0.497 e. The predicted molar refractivity (Wildman–Crippen MR) is 145 cm³/mol. The number of hydrogen-bond donors (Lipinski definition) is 1. The molecule has 7 heteroatoms. The second-order valence-electron chi connectivity index (χ2n) is 8.99. The molecule has 3 aromatic rings. The van der Waals surface area contributed by atoms with E-state index in [2.05, 4.69) is 11.9 Å². The van der Waals surface area contributed by atoms with E-state index >= 15 is 0 Å². The van der Waals surface area contributed by atoms with Crippen LogP contribution in [0.25, 0.3) is 10.9 Å². The van der Waals surface area contributed by atoms with Crippen LogP contribution >= 0.6 is 0 Å². The van der Waals surface area contributed by atoms with Gasteiger partial charge in [-0.1, -0.05) is 57.2 Å². The van der Waals surface area contributed by atoms with Crippen molar-refractivity contribution in [3.05, 3.63) is 59.8 Å². The number of aliphatic carboxylic acids is 1. The molecule has 7 nitrogen and oxygen atoms in total. The van der Waals surface area contributed by atoms with Crippen LogP contribution in [-0.4, -0.2) is 42.5 Å². The lowest BCUT2D eigenvalue weighted by molar-refractivity contribution is -0.149. The summed E-state index contributed by atoms with van der Waals surface area (Å²) in [6.07, 6.45) is 8.17. The average molecular weight is 510 g/mol. The summed E-state index contributed by atoms with van der Waals surface area (Å²) in [5, 5.41) is 10.4. The van der Waals surface area contributed by atoms with Crippen LogP contribution in [0.3, 0.4) is 0 Å². The lowest BCUT2D eigenvalue weighted by atomic mass is 10.1. The summed E-state index contributed by atoms with van der Waals surface area (Å²) in [6, 6.07) is 13.2. The maximum atomic E-state index is 11.6. The first-order valence-corrected chi connectivity index (χ1v) is 13.2. The Morgan fingerprint density at radius 1 is 0.973 bits per heavy atom. The molecule has 0 aliphatic carbocycles. The highest BCUT2D eigenvalue weighted by atomic mass is 16.5. The standard InChI is InChI=1S/C30H39NO6/c1-4-6-7-8-9-12-17-36-29-23(20-31-26-16-15-24(34-3)19-25(26)29)21-37-27-14-11-10-13-22(27)18-28(30(32)33)35-5-2/h10-11,13-16,19-20,28H,4-9,12,17-18,21H2,1-3H3,(H,32,33). The van der Waals surface area contributed by atoms with Crippen LogP contribution in [-0.2, 0) is 22.6 Å². The molecule has 0 saturated carbocycles. The molecular weight excluding hydrogens is 470 g/mol. The van der Waals surface area contributed by atoms with Gasteiger partial charge < -0.3 is 24.1 Å². The molecule has 0 aliphatic rings. The van der Waals surface area contributed by atoms with E-state index in [4.69, 9.17) is 18.9 Å². The van der Waals surface area contributed by atoms with Crippen LogP contribution in [0.5, 0.6) is 17.2 Å². The summed E-state index contributed by atoms with van der Waals surface area (Å²) >= 11 is 0. The van der Waals surface area contributed by atoms with Crippen LogP contribution < -0.4 is 14.2 Å².